The second-order valence-corrected chi connectivity index (χ2v) is 8.59. The number of carbonyl (C=O) groups excluding carboxylic acids is 1. The minimum atomic E-state index is -0.204. The van der Waals surface area contributed by atoms with Crippen molar-refractivity contribution in [1.29, 1.82) is 0 Å². The van der Waals surface area contributed by atoms with Crippen molar-refractivity contribution < 1.29 is 4.79 Å². The molecule has 3 aromatic heterocycles. The Morgan fingerprint density at radius 2 is 2.12 bits per heavy atom. The Bertz CT molecular complexity index is 975. The molecule has 0 saturated heterocycles. The van der Waals surface area contributed by atoms with E-state index in [2.05, 4.69) is 32.4 Å². The smallest absolute Gasteiger partial charge is 0.259 e. The lowest BCUT2D eigenvalue weighted by Crippen LogP contribution is -2.11. The Morgan fingerprint density at radius 3 is 2.84 bits per heavy atom. The van der Waals surface area contributed by atoms with Gasteiger partial charge in [-0.05, 0) is 25.8 Å². The summed E-state index contributed by atoms with van der Waals surface area (Å²) in [6.07, 6.45) is 1.02. The molecule has 0 fully saturated rings. The molecule has 25 heavy (non-hydrogen) atoms. The first kappa shape index (κ1) is 18.0. The number of hydrogen-bond acceptors (Lipinski definition) is 9. The van der Waals surface area contributed by atoms with E-state index in [1.54, 1.807) is 6.92 Å². The van der Waals surface area contributed by atoms with Crippen molar-refractivity contribution >= 4 is 55.6 Å². The number of thioether (sulfide) groups is 1. The van der Waals surface area contributed by atoms with Crippen LogP contribution in [0.5, 0.6) is 0 Å². The maximum atomic E-state index is 12.3. The Morgan fingerprint density at radius 1 is 1.32 bits per heavy atom. The number of H-pyrrole nitrogens is 1. The van der Waals surface area contributed by atoms with Gasteiger partial charge in [-0.1, -0.05) is 30.0 Å². The molecule has 0 aliphatic heterocycles. The first-order chi connectivity index (χ1) is 12.0. The van der Waals surface area contributed by atoms with Crippen LogP contribution in [0.3, 0.4) is 0 Å². The molecule has 3 rings (SSSR count). The average Bonchev–Trinajstić information content (AvgIpc) is 3.15. The fourth-order valence-corrected chi connectivity index (χ4v) is 5.04. The highest BCUT2D eigenvalue weighted by Crippen LogP contribution is 2.30. The molecule has 3 heterocycles. The van der Waals surface area contributed by atoms with Crippen molar-refractivity contribution in [3.63, 3.8) is 0 Å². The normalized spacial score (nSPS) is 11.2. The number of Topliss-reactive ketones (excluding diaryl/α,β-unsaturated/α-hetero) is 1. The maximum absolute atomic E-state index is 12.3. The van der Waals surface area contributed by atoms with Gasteiger partial charge in [-0.15, -0.1) is 21.5 Å². The monoisotopic (exact) mass is 395 g/mol. The van der Waals surface area contributed by atoms with Crippen LogP contribution in [0.1, 0.15) is 41.3 Å². The molecule has 3 aromatic rings. The Balaban J connectivity index is 1.79. The molecule has 0 aromatic carbocycles. The molecule has 7 nitrogen and oxygen atoms in total. The largest absolute Gasteiger partial charge is 0.360 e. The topological polar surface area (TPSA) is 101 Å². The number of aromatic nitrogens is 4. The molecule has 0 bridgehead atoms. The molecule has 0 saturated carbocycles. The number of aryl methyl sites for hydroxylation is 1. The van der Waals surface area contributed by atoms with Crippen LogP contribution < -0.4 is 10.9 Å². The number of anilines is 1. The highest BCUT2D eigenvalue weighted by atomic mass is 32.2. The number of hydrogen-bond donors (Lipinski definition) is 2. The zero-order valence-electron chi connectivity index (χ0n) is 14.0. The number of fused-ring (bicyclic) bond motifs is 1. The number of rotatable bonds is 7. The predicted molar refractivity (Wildman–Crippen MR) is 103 cm³/mol. The van der Waals surface area contributed by atoms with E-state index in [1.165, 1.54) is 41.4 Å². The van der Waals surface area contributed by atoms with E-state index >= 15 is 0 Å². The molecule has 0 unspecified atom stereocenters. The Labute approximate surface area is 156 Å². The van der Waals surface area contributed by atoms with Crippen molar-refractivity contribution in [1.82, 2.24) is 20.2 Å². The highest BCUT2D eigenvalue weighted by Gasteiger charge is 2.17. The molecule has 2 N–H and O–H groups in total. The minimum absolute atomic E-state index is 0.0446. The van der Waals surface area contributed by atoms with Gasteiger partial charge in [-0.2, -0.15) is 0 Å². The highest BCUT2D eigenvalue weighted by molar-refractivity contribution is 8.00. The van der Waals surface area contributed by atoms with Crippen molar-refractivity contribution in [2.45, 2.75) is 37.3 Å². The van der Waals surface area contributed by atoms with Gasteiger partial charge in [0.05, 0.1) is 16.0 Å². The van der Waals surface area contributed by atoms with E-state index < -0.39 is 0 Å². The molecule has 0 spiro atoms. The maximum Gasteiger partial charge on any atom is 0.259 e. The third-order valence-corrected chi connectivity index (χ3v) is 6.75. The standard InChI is InChI=1S/C15H17N5O2S3/c1-4-5-16-14-19-20-15(25-14)23-6-9-17-12(22)10-7(2)11(8(3)21)24-13(10)18-9/h4-6H2,1-3H3,(H,16,19)(H,17,18,22). The van der Waals surface area contributed by atoms with Crippen LogP contribution in [0.4, 0.5) is 5.13 Å². The van der Waals surface area contributed by atoms with Crippen LogP contribution >= 0.6 is 34.4 Å². The molecule has 0 aliphatic rings. The summed E-state index contributed by atoms with van der Waals surface area (Å²) >= 11 is 4.22. The lowest BCUT2D eigenvalue weighted by atomic mass is 10.2. The van der Waals surface area contributed by atoms with Gasteiger partial charge in [0.1, 0.15) is 10.7 Å². The predicted octanol–water partition coefficient (Wildman–Crippen LogP) is 3.46. The summed E-state index contributed by atoms with van der Waals surface area (Å²) in [5.74, 6) is 1.01. The van der Waals surface area contributed by atoms with E-state index in [4.69, 9.17) is 0 Å². The second kappa shape index (κ2) is 7.63. The van der Waals surface area contributed by atoms with Crippen LogP contribution in [-0.2, 0) is 5.75 Å². The average molecular weight is 396 g/mol. The molecule has 0 radical (unpaired) electrons. The van der Waals surface area contributed by atoms with Crippen molar-refractivity contribution in [2.24, 2.45) is 0 Å². The van der Waals surface area contributed by atoms with Crippen LogP contribution in [0.2, 0.25) is 0 Å². The number of ketones is 1. The molecular formula is C15H17N5O2S3. The number of nitrogens with zero attached hydrogens (tertiary/aromatic N) is 3. The van der Waals surface area contributed by atoms with E-state index in [1.807, 2.05) is 0 Å². The number of thiophene rings is 1. The van der Waals surface area contributed by atoms with Crippen LogP contribution in [0.15, 0.2) is 9.13 Å². The molecule has 132 valence electrons. The van der Waals surface area contributed by atoms with Crippen molar-refractivity contribution in [3.05, 3.63) is 26.6 Å². The SMILES string of the molecule is CCCNc1nnc(SCc2nc3sc(C(C)=O)c(C)c3c(=O)[nH]2)s1. The first-order valence-electron chi connectivity index (χ1n) is 7.73. The molecule has 0 aliphatic carbocycles. The summed E-state index contributed by atoms with van der Waals surface area (Å²) in [6.45, 7) is 6.24. The lowest BCUT2D eigenvalue weighted by Gasteiger charge is -1.99. The van der Waals surface area contributed by atoms with Gasteiger partial charge < -0.3 is 10.3 Å². The van der Waals surface area contributed by atoms with Gasteiger partial charge in [0.2, 0.25) is 5.13 Å². The minimum Gasteiger partial charge on any atom is -0.360 e. The van der Waals surface area contributed by atoms with Gasteiger partial charge >= 0.3 is 0 Å². The third kappa shape index (κ3) is 3.91. The summed E-state index contributed by atoms with van der Waals surface area (Å²) in [7, 11) is 0. The van der Waals surface area contributed by atoms with Crippen LogP contribution in [-0.4, -0.2) is 32.5 Å². The van der Waals surface area contributed by atoms with Crippen molar-refractivity contribution in [3.8, 4) is 0 Å². The number of carbonyl (C=O) groups is 1. The second-order valence-electron chi connectivity index (χ2n) is 5.39. The molecule has 0 atom stereocenters. The number of aromatic amines is 1. The Hall–Kier alpha value is -1.78. The molecule has 10 heteroatoms. The lowest BCUT2D eigenvalue weighted by molar-refractivity contribution is 0.102. The quantitative estimate of drug-likeness (QED) is 0.467. The van der Waals surface area contributed by atoms with E-state index in [0.717, 1.165) is 22.4 Å². The zero-order valence-corrected chi connectivity index (χ0v) is 16.5. The Kier molecular flexibility index (Phi) is 5.50. The summed E-state index contributed by atoms with van der Waals surface area (Å²) in [5, 5.41) is 12.7. The van der Waals surface area contributed by atoms with Gasteiger partial charge in [0.15, 0.2) is 10.1 Å². The molecule has 0 amide bonds. The zero-order chi connectivity index (χ0) is 18.0. The fourth-order valence-electron chi connectivity index (χ4n) is 2.29. The van der Waals surface area contributed by atoms with Crippen molar-refractivity contribution in [2.75, 3.05) is 11.9 Å². The van der Waals surface area contributed by atoms with Gasteiger partial charge in [-0.25, -0.2) is 4.98 Å². The first-order valence-corrected chi connectivity index (χ1v) is 10.3. The van der Waals surface area contributed by atoms with Gasteiger partial charge in [-0.3, -0.25) is 9.59 Å². The molecular weight excluding hydrogens is 378 g/mol. The van der Waals surface area contributed by atoms with Crippen LogP contribution in [0, 0.1) is 6.92 Å². The number of nitrogens with one attached hydrogen (secondary N) is 2. The van der Waals surface area contributed by atoms with E-state index in [9.17, 15) is 9.59 Å². The third-order valence-electron chi connectivity index (χ3n) is 3.43. The summed E-state index contributed by atoms with van der Waals surface area (Å²) in [4.78, 5) is 32.5. The van der Waals surface area contributed by atoms with E-state index in [-0.39, 0.29) is 11.3 Å². The summed E-state index contributed by atoms with van der Waals surface area (Å²) in [5.41, 5.74) is 0.501. The van der Waals surface area contributed by atoms with Crippen LogP contribution in [0.25, 0.3) is 10.2 Å². The van der Waals surface area contributed by atoms with Gasteiger partial charge in [0, 0.05) is 6.54 Å². The van der Waals surface area contributed by atoms with Gasteiger partial charge in [0.25, 0.3) is 5.56 Å². The summed E-state index contributed by atoms with van der Waals surface area (Å²) in [6, 6.07) is 0. The fraction of sp³-hybridized carbons (Fsp3) is 0.400. The summed E-state index contributed by atoms with van der Waals surface area (Å²) < 4.78 is 0.813. The van der Waals surface area contributed by atoms with E-state index in [0.29, 0.717) is 32.2 Å².